The van der Waals surface area contributed by atoms with Crippen LogP contribution in [-0.4, -0.2) is 17.2 Å². The number of rotatable bonds is 5. The van der Waals surface area contributed by atoms with Crippen molar-refractivity contribution in [1.82, 2.24) is 4.98 Å². The van der Waals surface area contributed by atoms with Gasteiger partial charge in [0.15, 0.2) is 0 Å². The van der Waals surface area contributed by atoms with Gasteiger partial charge in [-0.15, -0.1) is 0 Å². The molecule has 2 rings (SSSR count). The van der Waals surface area contributed by atoms with Crippen molar-refractivity contribution in [2.75, 3.05) is 7.11 Å². The number of nitrogens with zero attached hydrogens (tertiary/aromatic N) is 1. The van der Waals surface area contributed by atoms with E-state index < -0.39 is 6.10 Å². The molecule has 0 amide bonds. The second-order valence-corrected chi connectivity index (χ2v) is 5.20. The SMILES string of the molecule is COc1ncccc1C(O)CCC1CCCCC1. The number of aromatic nitrogens is 1. The first-order valence-corrected chi connectivity index (χ1v) is 6.98. The van der Waals surface area contributed by atoms with Crippen molar-refractivity contribution in [3.63, 3.8) is 0 Å². The van der Waals surface area contributed by atoms with Gasteiger partial charge >= 0.3 is 0 Å². The fraction of sp³-hybridized carbons (Fsp3) is 0.667. The fourth-order valence-electron chi connectivity index (χ4n) is 2.85. The summed E-state index contributed by atoms with van der Waals surface area (Å²) < 4.78 is 5.19. The van der Waals surface area contributed by atoms with E-state index in [4.69, 9.17) is 4.74 Å². The molecule has 1 saturated carbocycles. The highest BCUT2D eigenvalue weighted by molar-refractivity contribution is 5.27. The smallest absolute Gasteiger partial charge is 0.218 e. The Balaban J connectivity index is 1.88. The molecule has 1 aliphatic rings. The number of hydrogen-bond acceptors (Lipinski definition) is 3. The zero-order valence-electron chi connectivity index (χ0n) is 11.1. The summed E-state index contributed by atoms with van der Waals surface area (Å²) >= 11 is 0. The van der Waals surface area contributed by atoms with Gasteiger partial charge < -0.3 is 9.84 Å². The van der Waals surface area contributed by atoms with Gasteiger partial charge in [-0.1, -0.05) is 32.1 Å². The predicted octanol–water partition coefficient (Wildman–Crippen LogP) is 3.48. The first-order chi connectivity index (χ1) is 8.81. The highest BCUT2D eigenvalue weighted by Crippen LogP contribution is 2.32. The summed E-state index contributed by atoms with van der Waals surface area (Å²) in [4.78, 5) is 4.13. The van der Waals surface area contributed by atoms with E-state index in [-0.39, 0.29) is 0 Å². The van der Waals surface area contributed by atoms with Crippen molar-refractivity contribution in [1.29, 1.82) is 0 Å². The molecule has 1 fully saturated rings. The maximum atomic E-state index is 10.2. The fourth-order valence-corrected chi connectivity index (χ4v) is 2.85. The molecule has 0 saturated heterocycles. The van der Waals surface area contributed by atoms with E-state index in [0.29, 0.717) is 5.88 Å². The summed E-state index contributed by atoms with van der Waals surface area (Å²) in [6, 6.07) is 3.75. The molecule has 0 bridgehead atoms. The van der Waals surface area contributed by atoms with Crippen LogP contribution in [0.2, 0.25) is 0 Å². The molecule has 1 unspecified atom stereocenters. The monoisotopic (exact) mass is 249 g/mol. The van der Waals surface area contributed by atoms with E-state index >= 15 is 0 Å². The van der Waals surface area contributed by atoms with Crippen LogP contribution in [0.25, 0.3) is 0 Å². The molecular formula is C15H23NO2. The lowest BCUT2D eigenvalue weighted by atomic mass is 9.85. The minimum atomic E-state index is -0.449. The second kappa shape index (κ2) is 6.74. The Kier molecular flexibility index (Phi) is 5.00. The molecule has 0 spiro atoms. The molecule has 1 aromatic rings. The first-order valence-electron chi connectivity index (χ1n) is 6.98. The van der Waals surface area contributed by atoms with Crippen molar-refractivity contribution in [3.05, 3.63) is 23.9 Å². The maximum absolute atomic E-state index is 10.2. The van der Waals surface area contributed by atoms with E-state index in [1.54, 1.807) is 13.3 Å². The van der Waals surface area contributed by atoms with Gasteiger partial charge in [-0.3, -0.25) is 0 Å². The third-order valence-electron chi connectivity index (χ3n) is 3.93. The average Bonchev–Trinajstić information content (AvgIpc) is 2.45. The summed E-state index contributed by atoms with van der Waals surface area (Å²) in [5, 5.41) is 10.2. The van der Waals surface area contributed by atoms with Gasteiger partial charge in [0, 0.05) is 11.8 Å². The molecule has 18 heavy (non-hydrogen) atoms. The van der Waals surface area contributed by atoms with Gasteiger partial charge in [0.1, 0.15) is 0 Å². The van der Waals surface area contributed by atoms with Crippen LogP contribution in [0.4, 0.5) is 0 Å². The number of aliphatic hydroxyl groups is 1. The van der Waals surface area contributed by atoms with E-state index in [9.17, 15) is 5.11 Å². The van der Waals surface area contributed by atoms with Crippen molar-refractivity contribution in [2.24, 2.45) is 5.92 Å². The predicted molar refractivity (Wildman–Crippen MR) is 71.6 cm³/mol. The lowest BCUT2D eigenvalue weighted by Gasteiger charge is -2.23. The van der Waals surface area contributed by atoms with Crippen LogP contribution in [0.3, 0.4) is 0 Å². The Bertz CT molecular complexity index is 361. The molecule has 0 aromatic carbocycles. The Labute approximate surface area is 109 Å². The Morgan fingerprint density at radius 2 is 2.17 bits per heavy atom. The molecule has 3 heteroatoms. The molecule has 1 heterocycles. The Morgan fingerprint density at radius 3 is 2.89 bits per heavy atom. The minimum Gasteiger partial charge on any atom is -0.481 e. The van der Waals surface area contributed by atoms with Gasteiger partial charge in [0.25, 0.3) is 0 Å². The van der Waals surface area contributed by atoms with Crippen LogP contribution in [0, 0.1) is 5.92 Å². The van der Waals surface area contributed by atoms with Gasteiger partial charge in [0.2, 0.25) is 5.88 Å². The molecule has 3 nitrogen and oxygen atoms in total. The number of hydrogen-bond donors (Lipinski definition) is 1. The average molecular weight is 249 g/mol. The van der Waals surface area contributed by atoms with E-state index in [0.717, 1.165) is 24.3 Å². The second-order valence-electron chi connectivity index (χ2n) is 5.20. The number of aliphatic hydroxyl groups excluding tert-OH is 1. The van der Waals surface area contributed by atoms with E-state index in [1.165, 1.54) is 32.1 Å². The normalized spacial score (nSPS) is 18.6. The molecular weight excluding hydrogens is 226 g/mol. The standard InChI is InChI=1S/C15H23NO2/c1-18-15-13(8-5-11-16-15)14(17)10-9-12-6-3-2-4-7-12/h5,8,11-12,14,17H,2-4,6-7,9-10H2,1H3. The highest BCUT2D eigenvalue weighted by Gasteiger charge is 2.18. The zero-order chi connectivity index (χ0) is 12.8. The van der Waals surface area contributed by atoms with E-state index in [2.05, 4.69) is 4.98 Å². The molecule has 1 atom stereocenters. The highest BCUT2D eigenvalue weighted by atomic mass is 16.5. The molecule has 0 aliphatic heterocycles. The third kappa shape index (κ3) is 3.45. The summed E-state index contributed by atoms with van der Waals surface area (Å²) in [7, 11) is 1.60. The number of pyridine rings is 1. The topological polar surface area (TPSA) is 42.4 Å². The lowest BCUT2D eigenvalue weighted by Crippen LogP contribution is -2.09. The molecule has 0 radical (unpaired) electrons. The van der Waals surface area contributed by atoms with Crippen molar-refractivity contribution in [2.45, 2.75) is 51.0 Å². The Morgan fingerprint density at radius 1 is 1.39 bits per heavy atom. The summed E-state index contributed by atoms with van der Waals surface area (Å²) in [6.07, 6.45) is 9.93. The van der Waals surface area contributed by atoms with Crippen LogP contribution in [0.1, 0.15) is 56.6 Å². The van der Waals surface area contributed by atoms with E-state index in [1.807, 2.05) is 12.1 Å². The van der Waals surface area contributed by atoms with Gasteiger partial charge in [0.05, 0.1) is 13.2 Å². The van der Waals surface area contributed by atoms with Crippen LogP contribution < -0.4 is 4.74 Å². The van der Waals surface area contributed by atoms with Gasteiger partial charge in [-0.05, 0) is 30.9 Å². The summed E-state index contributed by atoms with van der Waals surface area (Å²) in [6.45, 7) is 0. The van der Waals surface area contributed by atoms with Crippen molar-refractivity contribution in [3.8, 4) is 5.88 Å². The number of ether oxygens (including phenoxy) is 1. The zero-order valence-corrected chi connectivity index (χ0v) is 11.1. The van der Waals surface area contributed by atoms with Gasteiger partial charge in [-0.25, -0.2) is 4.98 Å². The molecule has 1 aliphatic carbocycles. The van der Waals surface area contributed by atoms with Crippen LogP contribution in [0.15, 0.2) is 18.3 Å². The summed E-state index contributed by atoms with van der Waals surface area (Å²) in [5.41, 5.74) is 0.816. The first kappa shape index (κ1) is 13.3. The molecule has 100 valence electrons. The van der Waals surface area contributed by atoms with Gasteiger partial charge in [-0.2, -0.15) is 0 Å². The molecule has 1 aromatic heterocycles. The lowest BCUT2D eigenvalue weighted by molar-refractivity contribution is 0.147. The Hall–Kier alpha value is -1.09. The third-order valence-corrected chi connectivity index (χ3v) is 3.93. The number of methoxy groups -OCH3 is 1. The minimum absolute atomic E-state index is 0.449. The maximum Gasteiger partial charge on any atom is 0.218 e. The quantitative estimate of drug-likeness (QED) is 0.868. The van der Waals surface area contributed by atoms with Crippen LogP contribution >= 0.6 is 0 Å². The van der Waals surface area contributed by atoms with Crippen LogP contribution in [0.5, 0.6) is 5.88 Å². The van der Waals surface area contributed by atoms with Crippen LogP contribution in [-0.2, 0) is 0 Å². The molecule has 1 N–H and O–H groups in total. The largest absolute Gasteiger partial charge is 0.481 e. The van der Waals surface area contributed by atoms with Crippen molar-refractivity contribution < 1.29 is 9.84 Å². The van der Waals surface area contributed by atoms with Crippen molar-refractivity contribution >= 4 is 0 Å². The summed E-state index contributed by atoms with van der Waals surface area (Å²) in [5.74, 6) is 1.35.